The van der Waals surface area contributed by atoms with Crippen LogP contribution < -0.4 is 9.47 Å². The van der Waals surface area contributed by atoms with Gasteiger partial charge in [-0.1, -0.05) is 30.1 Å². The van der Waals surface area contributed by atoms with Crippen molar-refractivity contribution >= 4 is 29.5 Å². The van der Waals surface area contributed by atoms with Gasteiger partial charge in [-0.3, -0.25) is 4.79 Å². The van der Waals surface area contributed by atoms with Crippen LogP contribution in [0.15, 0.2) is 6.07 Å². The van der Waals surface area contributed by atoms with Gasteiger partial charge >= 0.3 is 6.61 Å². The molecular weight excluding hydrogens is 289 g/mol. The van der Waals surface area contributed by atoms with Gasteiger partial charge in [0.05, 0.1) is 22.2 Å². The van der Waals surface area contributed by atoms with Gasteiger partial charge in [-0.2, -0.15) is 8.78 Å². The van der Waals surface area contributed by atoms with Gasteiger partial charge in [-0.25, -0.2) is 0 Å². The summed E-state index contributed by atoms with van der Waals surface area (Å²) < 4.78 is 34.1. The van der Waals surface area contributed by atoms with Crippen molar-refractivity contribution in [2.24, 2.45) is 0 Å². The highest BCUT2D eigenvalue weighted by Crippen LogP contribution is 2.40. The Hall–Kier alpha value is -1.07. The molecule has 3 nitrogen and oxygen atoms in total. The minimum absolute atomic E-state index is 0.0337. The zero-order valence-corrected chi connectivity index (χ0v) is 10.9. The lowest BCUT2D eigenvalue weighted by atomic mass is 10.2. The number of alkyl halides is 2. The summed E-state index contributed by atoms with van der Waals surface area (Å²) in [7, 11) is 0. The first-order chi connectivity index (χ1) is 8.51. The van der Waals surface area contributed by atoms with Crippen molar-refractivity contribution in [1.82, 2.24) is 0 Å². The molecule has 0 fully saturated rings. The van der Waals surface area contributed by atoms with Crippen molar-refractivity contribution in [2.45, 2.75) is 20.0 Å². The molecular formula is C11H10Cl2F2O3. The molecule has 1 aromatic rings. The van der Waals surface area contributed by atoms with Gasteiger partial charge in [0.15, 0.2) is 17.8 Å². The molecule has 0 unspecified atom stereocenters. The average molecular weight is 299 g/mol. The zero-order valence-electron chi connectivity index (χ0n) is 9.38. The maximum absolute atomic E-state index is 12.3. The molecule has 1 aromatic carbocycles. The monoisotopic (exact) mass is 298 g/mol. The predicted octanol–water partition coefficient (Wildman–Crippen LogP) is 4.20. The lowest BCUT2D eigenvalue weighted by molar-refractivity contribution is -0.0517. The summed E-state index contributed by atoms with van der Waals surface area (Å²) in [5, 5.41) is -0.113. The number of rotatable bonds is 6. The standard InChI is InChI=1S/C11H10Cl2F2O3/c1-2-3-17-8-4-7(12)9(13)6(5-16)10(8)18-11(14)15/h4-5,11H,2-3H2,1H3. The molecule has 18 heavy (non-hydrogen) atoms. The molecule has 0 radical (unpaired) electrons. The molecule has 0 atom stereocenters. The summed E-state index contributed by atoms with van der Waals surface area (Å²) in [6.07, 6.45) is 0.954. The third-order valence-electron chi connectivity index (χ3n) is 1.96. The van der Waals surface area contributed by atoms with E-state index in [2.05, 4.69) is 4.74 Å². The van der Waals surface area contributed by atoms with Crippen LogP contribution in [0.3, 0.4) is 0 Å². The van der Waals surface area contributed by atoms with Crippen LogP contribution in [-0.4, -0.2) is 19.5 Å². The van der Waals surface area contributed by atoms with Gasteiger partial charge in [0.2, 0.25) is 0 Å². The van der Waals surface area contributed by atoms with Crippen LogP contribution in [0.1, 0.15) is 23.7 Å². The van der Waals surface area contributed by atoms with E-state index in [1.807, 2.05) is 6.92 Å². The van der Waals surface area contributed by atoms with E-state index in [4.69, 9.17) is 27.9 Å². The van der Waals surface area contributed by atoms with Crippen molar-refractivity contribution in [2.75, 3.05) is 6.61 Å². The van der Waals surface area contributed by atoms with Crippen molar-refractivity contribution in [1.29, 1.82) is 0 Å². The number of hydrogen-bond donors (Lipinski definition) is 0. The first-order valence-electron chi connectivity index (χ1n) is 5.06. The molecule has 0 amide bonds. The van der Waals surface area contributed by atoms with E-state index in [0.717, 1.165) is 0 Å². The molecule has 0 bridgehead atoms. The molecule has 0 spiro atoms. The summed E-state index contributed by atoms with van der Waals surface area (Å²) >= 11 is 11.5. The van der Waals surface area contributed by atoms with Crippen molar-refractivity contribution < 1.29 is 23.0 Å². The minimum Gasteiger partial charge on any atom is -0.490 e. The Bertz CT molecular complexity index is 439. The third kappa shape index (κ3) is 3.46. The van der Waals surface area contributed by atoms with Crippen molar-refractivity contribution in [3.8, 4) is 11.5 Å². The molecule has 0 aromatic heterocycles. The number of aldehydes is 1. The number of carbonyl (C=O) groups excluding carboxylic acids is 1. The van der Waals surface area contributed by atoms with Gasteiger partial charge in [0.1, 0.15) is 0 Å². The lowest BCUT2D eigenvalue weighted by Gasteiger charge is -2.15. The van der Waals surface area contributed by atoms with Gasteiger partial charge in [-0.05, 0) is 6.42 Å². The molecule has 7 heteroatoms. The minimum atomic E-state index is -3.09. The molecule has 0 aliphatic carbocycles. The van der Waals surface area contributed by atoms with Crippen LogP contribution in [0.5, 0.6) is 11.5 Å². The third-order valence-corrected chi connectivity index (χ3v) is 2.76. The van der Waals surface area contributed by atoms with Gasteiger partial charge in [0, 0.05) is 6.07 Å². The molecule has 0 saturated carbocycles. The fourth-order valence-electron chi connectivity index (χ4n) is 1.24. The van der Waals surface area contributed by atoms with Crippen LogP contribution in [0.4, 0.5) is 8.78 Å². The lowest BCUT2D eigenvalue weighted by Crippen LogP contribution is -2.08. The van der Waals surface area contributed by atoms with E-state index in [0.29, 0.717) is 12.7 Å². The van der Waals surface area contributed by atoms with Crippen LogP contribution in [0.2, 0.25) is 10.0 Å². The summed E-state index contributed by atoms with van der Waals surface area (Å²) in [6.45, 7) is -0.980. The maximum atomic E-state index is 12.3. The topological polar surface area (TPSA) is 35.5 Å². The second kappa shape index (κ2) is 6.75. The largest absolute Gasteiger partial charge is 0.490 e. The van der Waals surface area contributed by atoms with Gasteiger partial charge in [-0.15, -0.1) is 0 Å². The van der Waals surface area contributed by atoms with E-state index in [-0.39, 0.29) is 28.0 Å². The van der Waals surface area contributed by atoms with Gasteiger partial charge in [0.25, 0.3) is 0 Å². The molecule has 100 valence electrons. The first kappa shape index (κ1) is 15.0. The molecule has 0 heterocycles. The number of carbonyl (C=O) groups is 1. The molecule has 0 aliphatic heterocycles. The number of hydrogen-bond acceptors (Lipinski definition) is 3. The maximum Gasteiger partial charge on any atom is 0.387 e. The Morgan fingerprint density at radius 2 is 2.11 bits per heavy atom. The van der Waals surface area contributed by atoms with E-state index in [1.165, 1.54) is 6.07 Å². The van der Waals surface area contributed by atoms with Crippen molar-refractivity contribution in [3.05, 3.63) is 21.7 Å². The second-order valence-electron chi connectivity index (χ2n) is 3.26. The molecule has 0 saturated heterocycles. The normalized spacial score (nSPS) is 10.6. The number of ether oxygens (including phenoxy) is 2. The smallest absolute Gasteiger partial charge is 0.387 e. The van der Waals surface area contributed by atoms with Crippen LogP contribution in [0, 0.1) is 0 Å². The summed E-state index contributed by atoms with van der Waals surface area (Å²) in [4.78, 5) is 10.9. The highest BCUT2D eigenvalue weighted by atomic mass is 35.5. The molecule has 0 N–H and O–H groups in total. The number of benzene rings is 1. The van der Waals surface area contributed by atoms with Crippen molar-refractivity contribution in [3.63, 3.8) is 0 Å². The summed E-state index contributed by atoms with van der Waals surface area (Å²) in [5.41, 5.74) is -0.254. The fourth-order valence-corrected chi connectivity index (χ4v) is 1.63. The quantitative estimate of drug-likeness (QED) is 0.739. The van der Waals surface area contributed by atoms with Crippen LogP contribution in [0.25, 0.3) is 0 Å². The van der Waals surface area contributed by atoms with Crippen LogP contribution >= 0.6 is 23.2 Å². The Balaban J connectivity index is 3.28. The first-order valence-corrected chi connectivity index (χ1v) is 5.81. The predicted molar refractivity (Wildman–Crippen MR) is 64.3 cm³/mol. The van der Waals surface area contributed by atoms with E-state index < -0.39 is 12.4 Å². The number of halogens is 4. The average Bonchev–Trinajstić information content (AvgIpc) is 2.31. The SMILES string of the molecule is CCCOc1cc(Cl)c(Cl)c(C=O)c1OC(F)F. The Kier molecular flexibility index (Phi) is 5.62. The highest BCUT2D eigenvalue weighted by Gasteiger charge is 2.21. The second-order valence-corrected chi connectivity index (χ2v) is 4.04. The Morgan fingerprint density at radius 3 is 2.61 bits per heavy atom. The highest BCUT2D eigenvalue weighted by molar-refractivity contribution is 6.43. The van der Waals surface area contributed by atoms with Crippen LogP contribution in [-0.2, 0) is 0 Å². The summed E-state index contributed by atoms with van der Waals surface area (Å²) in [5.74, 6) is -0.434. The molecule has 0 aliphatic rings. The summed E-state index contributed by atoms with van der Waals surface area (Å²) in [6, 6.07) is 1.24. The Labute approximate surface area is 113 Å². The molecule has 1 rings (SSSR count). The van der Waals surface area contributed by atoms with Gasteiger partial charge < -0.3 is 9.47 Å². The fraction of sp³-hybridized carbons (Fsp3) is 0.364. The van der Waals surface area contributed by atoms with E-state index >= 15 is 0 Å². The Morgan fingerprint density at radius 1 is 1.44 bits per heavy atom. The van der Waals surface area contributed by atoms with E-state index in [1.54, 1.807) is 0 Å². The zero-order chi connectivity index (χ0) is 13.7. The van der Waals surface area contributed by atoms with E-state index in [9.17, 15) is 13.6 Å².